The van der Waals surface area contributed by atoms with Gasteiger partial charge in [-0.15, -0.1) is 0 Å². The van der Waals surface area contributed by atoms with E-state index < -0.39 is 0 Å². The normalized spacial score (nSPS) is 20.3. The molecule has 0 heterocycles. The van der Waals surface area contributed by atoms with E-state index in [9.17, 15) is 4.79 Å². The summed E-state index contributed by atoms with van der Waals surface area (Å²) in [5, 5.41) is 3.33. The Balaban J connectivity index is 2.57. The summed E-state index contributed by atoms with van der Waals surface area (Å²) in [4.78, 5) is 11.7. The van der Waals surface area contributed by atoms with Gasteiger partial charge in [-0.05, 0) is 18.8 Å². The van der Waals surface area contributed by atoms with Crippen molar-refractivity contribution in [2.75, 3.05) is 7.11 Å². The highest BCUT2D eigenvalue weighted by molar-refractivity contribution is 5.76. The lowest BCUT2D eigenvalue weighted by Gasteiger charge is -2.30. The van der Waals surface area contributed by atoms with Crippen LogP contribution >= 0.6 is 0 Å². The highest BCUT2D eigenvalue weighted by Gasteiger charge is 2.30. The summed E-state index contributed by atoms with van der Waals surface area (Å²) in [6, 6.07) is 0.228. The van der Waals surface area contributed by atoms with Crippen molar-refractivity contribution in [1.82, 2.24) is 5.32 Å². The Labute approximate surface area is 92.6 Å². The van der Waals surface area contributed by atoms with E-state index in [0.29, 0.717) is 12.0 Å². The zero-order chi connectivity index (χ0) is 11.3. The monoisotopic (exact) mass is 213 g/mol. The molecule has 0 saturated heterocycles. The molecule has 0 amide bonds. The Morgan fingerprint density at radius 2 is 1.87 bits per heavy atom. The van der Waals surface area contributed by atoms with Gasteiger partial charge in [0.15, 0.2) is 0 Å². The second kappa shape index (κ2) is 6.11. The number of nitrogens with one attached hydrogen (secondary N) is 1. The van der Waals surface area contributed by atoms with E-state index in [1.807, 2.05) is 0 Å². The van der Waals surface area contributed by atoms with Crippen LogP contribution in [0, 0.1) is 5.92 Å². The number of ether oxygens (including phenoxy) is 1. The molecule has 0 aliphatic heterocycles. The highest BCUT2D eigenvalue weighted by atomic mass is 16.5. The lowest BCUT2D eigenvalue weighted by atomic mass is 9.83. The Hall–Kier alpha value is -0.570. The molecule has 0 aromatic heterocycles. The summed E-state index contributed by atoms with van der Waals surface area (Å²) < 4.78 is 4.87. The van der Waals surface area contributed by atoms with Crippen molar-refractivity contribution in [1.29, 1.82) is 0 Å². The molecule has 1 aliphatic carbocycles. The first-order valence-electron chi connectivity index (χ1n) is 5.99. The molecular weight excluding hydrogens is 190 g/mol. The smallest absolute Gasteiger partial charge is 0.323 e. The van der Waals surface area contributed by atoms with E-state index >= 15 is 0 Å². The molecule has 0 bridgehead atoms. The summed E-state index contributed by atoms with van der Waals surface area (Å²) in [7, 11) is 1.47. The number of carbonyl (C=O) groups is 1. The van der Waals surface area contributed by atoms with E-state index in [0.717, 1.165) is 12.8 Å². The fourth-order valence-electron chi connectivity index (χ4n) is 2.35. The van der Waals surface area contributed by atoms with Crippen LogP contribution in [0.25, 0.3) is 0 Å². The van der Waals surface area contributed by atoms with Gasteiger partial charge < -0.3 is 10.1 Å². The molecule has 88 valence electrons. The van der Waals surface area contributed by atoms with Gasteiger partial charge in [0.2, 0.25) is 0 Å². The molecule has 1 fully saturated rings. The van der Waals surface area contributed by atoms with Gasteiger partial charge in [0.1, 0.15) is 6.04 Å². The van der Waals surface area contributed by atoms with Crippen molar-refractivity contribution in [3.8, 4) is 0 Å². The third kappa shape index (κ3) is 3.82. The molecule has 1 rings (SSSR count). The third-order valence-electron chi connectivity index (χ3n) is 3.09. The molecule has 0 aromatic rings. The van der Waals surface area contributed by atoms with Gasteiger partial charge in [0.05, 0.1) is 7.11 Å². The predicted octanol–water partition coefficient (Wildman–Crippen LogP) is 2.11. The second-order valence-electron chi connectivity index (χ2n) is 4.72. The quantitative estimate of drug-likeness (QED) is 0.727. The van der Waals surface area contributed by atoms with Crippen molar-refractivity contribution in [3.63, 3.8) is 0 Å². The molecule has 1 aliphatic rings. The molecule has 0 radical (unpaired) electrons. The zero-order valence-corrected chi connectivity index (χ0v) is 10.1. The van der Waals surface area contributed by atoms with E-state index in [1.54, 1.807) is 0 Å². The lowest BCUT2D eigenvalue weighted by molar-refractivity contribution is -0.145. The number of esters is 1. The van der Waals surface area contributed by atoms with Crippen LogP contribution in [0.1, 0.15) is 46.0 Å². The van der Waals surface area contributed by atoms with E-state index in [1.165, 1.54) is 26.4 Å². The van der Waals surface area contributed by atoms with Gasteiger partial charge in [0, 0.05) is 6.04 Å². The van der Waals surface area contributed by atoms with Crippen LogP contribution in [0.15, 0.2) is 0 Å². The average Bonchev–Trinajstić information content (AvgIpc) is 2.26. The van der Waals surface area contributed by atoms with Crippen LogP contribution in [0.2, 0.25) is 0 Å². The van der Waals surface area contributed by atoms with Crippen LogP contribution in [-0.2, 0) is 9.53 Å². The molecular formula is C12H23NO2. The first kappa shape index (κ1) is 12.5. The Bertz CT molecular complexity index is 198. The van der Waals surface area contributed by atoms with Gasteiger partial charge in [-0.25, -0.2) is 0 Å². The SMILES string of the molecule is COC(=O)C(NC(C)C)C1CCCCC1. The van der Waals surface area contributed by atoms with Crippen LogP contribution in [0.3, 0.4) is 0 Å². The molecule has 1 saturated carbocycles. The molecule has 1 atom stereocenters. The summed E-state index contributed by atoms with van der Waals surface area (Å²) in [6.07, 6.45) is 6.11. The summed E-state index contributed by atoms with van der Waals surface area (Å²) >= 11 is 0. The Morgan fingerprint density at radius 1 is 1.27 bits per heavy atom. The summed E-state index contributed by atoms with van der Waals surface area (Å²) in [5.41, 5.74) is 0. The maximum atomic E-state index is 11.7. The van der Waals surface area contributed by atoms with E-state index in [4.69, 9.17) is 4.74 Å². The number of hydrogen-bond donors (Lipinski definition) is 1. The molecule has 3 heteroatoms. The first-order chi connectivity index (χ1) is 7.15. The maximum absolute atomic E-state index is 11.7. The Kier molecular flexibility index (Phi) is 5.09. The van der Waals surface area contributed by atoms with Crippen LogP contribution in [0.4, 0.5) is 0 Å². The molecule has 15 heavy (non-hydrogen) atoms. The first-order valence-corrected chi connectivity index (χ1v) is 5.99. The van der Waals surface area contributed by atoms with Gasteiger partial charge in [-0.1, -0.05) is 33.1 Å². The minimum Gasteiger partial charge on any atom is -0.468 e. The van der Waals surface area contributed by atoms with Crippen molar-refractivity contribution in [2.24, 2.45) is 5.92 Å². The average molecular weight is 213 g/mol. The second-order valence-corrected chi connectivity index (χ2v) is 4.72. The van der Waals surface area contributed by atoms with E-state index in [-0.39, 0.29) is 12.0 Å². The number of carbonyl (C=O) groups excluding carboxylic acids is 1. The van der Waals surface area contributed by atoms with Gasteiger partial charge >= 0.3 is 5.97 Å². The number of rotatable bonds is 4. The third-order valence-corrected chi connectivity index (χ3v) is 3.09. The summed E-state index contributed by atoms with van der Waals surface area (Å²) in [6.45, 7) is 4.14. The van der Waals surface area contributed by atoms with Crippen LogP contribution in [-0.4, -0.2) is 25.2 Å². The maximum Gasteiger partial charge on any atom is 0.323 e. The molecule has 0 aromatic carbocycles. The molecule has 3 nitrogen and oxygen atoms in total. The highest BCUT2D eigenvalue weighted by Crippen LogP contribution is 2.27. The predicted molar refractivity (Wildman–Crippen MR) is 60.7 cm³/mol. The minimum absolute atomic E-state index is 0.101. The van der Waals surface area contributed by atoms with Gasteiger partial charge in [-0.3, -0.25) is 4.79 Å². The van der Waals surface area contributed by atoms with E-state index in [2.05, 4.69) is 19.2 Å². The lowest BCUT2D eigenvalue weighted by Crippen LogP contribution is -2.47. The molecule has 1 unspecified atom stereocenters. The standard InChI is InChI=1S/C12H23NO2/c1-9(2)13-11(12(14)15-3)10-7-5-4-6-8-10/h9-11,13H,4-8H2,1-3H3. The van der Waals surface area contributed by atoms with Crippen molar-refractivity contribution >= 4 is 5.97 Å². The number of hydrogen-bond acceptors (Lipinski definition) is 3. The van der Waals surface area contributed by atoms with Crippen LogP contribution < -0.4 is 5.32 Å². The van der Waals surface area contributed by atoms with Gasteiger partial charge in [-0.2, -0.15) is 0 Å². The number of methoxy groups -OCH3 is 1. The fourth-order valence-corrected chi connectivity index (χ4v) is 2.35. The zero-order valence-electron chi connectivity index (χ0n) is 10.1. The fraction of sp³-hybridized carbons (Fsp3) is 0.917. The van der Waals surface area contributed by atoms with Gasteiger partial charge in [0.25, 0.3) is 0 Å². The topological polar surface area (TPSA) is 38.3 Å². The largest absolute Gasteiger partial charge is 0.468 e. The van der Waals surface area contributed by atoms with Crippen molar-refractivity contribution in [2.45, 2.75) is 58.0 Å². The van der Waals surface area contributed by atoms with Crippen molar-refractivity contribution in [3.05, 3.63) is 0 Å². The van der Waals surface area contributed by atoms with Crippen LogP contribution in [0.5, 0.6) is 0 Å². The minimum atomic E-state index is -0.102. The molecule has 1 N–H and O–H groups in total. The Morgan fingerprint density at radius 3 is 2.33 bits per heavy atom. The molecule has 0 spiro atoms. The summed E-state index contributed by atoms with van der Waals surface area (Å²) in [5.74, 6) is 0.365. The van der Waals surface area contributed by atoms with Crippen molar-refractivity contribution < 1.29 is 9.53 Å².